The molecule has 1 unspecified atom stereocenters. The second-order valence-electron chi connectivity index (χ2n) is 8.72. The molecule has 0 aliphatic heterocycles. The molecule has 1 aliphatic carbocycles. The molecule has 1 atom stereocenters. The Morgan fingerprint density at radius 3 is 2.56 bits per heavy atom. The molecule has 4 nitrogen and oxygen atoms in total. The summed E-state index contributed by atoms with van der Waals surface area (Å²) < 4.78 is 5.80. The van der Waals surface area contributed by atoms with Crippen molar-refractivity contribution in [3.63, 3.8) is 0 Å². The summed E-state index contributed by atoms with van der Waals surface area (Å²) in [5.41, 5.74) is 5.30. The lowest BCUT2D eigenvalue weighted by Gasteiger charge is -2.12. The van der Waals surface area contributed by atoms with Crippen LogP contribution in [-0.4, -0.2) is 42.4 Å². The van der Waals surface area contributed by atoms with E-state index < -0.39 is 0 Å². The zero-order chi connectivity index (χ0) is 24.3. The third kappa shape index (κ3) is 7.62. The van der Waals surface area contributed by atoms with E-state index in [1.54, 1.807) is 12.2 Å². The summed E-state index contributed by atoms with van der Waals surface area (Å²) in [5.74, 6) is 1.22. The number of aliphatic hydroxyl groups excluding tert-OH is 2. The normalized spacial score (nSPS) is 16.5. The highest BCUT2D eigenvalue weighted by molar-refractivity contribution is 5.76. The predicted octanol–water partition coefficient (Wildman–Crippen LogP) is 5.88. The van der Waals surface area contributed by atoms with E-state index in [0.717, 1.165) is 41.0 Å². The zero-order valence-corrected chi connectivity index (χ0v) is 20.3. The number of aliphatic hydroxyl groups is 2. The molecule has 0 saturated heterocycles. The molecule has 0 spiro atoms. The van der Waals surface area contributed by atoms with Gasteiger partial charge in [-0.3, -0.25) is 0 Å². The predicted molar refractivity (Wildman–Crippen MR) is 141 cm³/mol. The number of hydrogen-bond acceptors (Lipinski definition) is 4. The van der Waals surface area contributed by atoms with E-state index in [0.29, 0.717) is 6.61 Å². The molecule has 3 rings (SSSR count). The zero-order valence-electron chi connectivity index (χ0n) is 20.3. The van der Waals surface area contributed by atoms with Crippen LogP contribution in [0, 0.1) is 5.92 Å². The summed E-state index contributed by atoms with van der Waals surface area (Å²) in [6, 6.07) is 16.2. The van der Waals surface area contributed by atoms with Gasteiger partial charge in [0, 0.05) is 12.5 Å². The average molecular weight is 458 g/mol. The summed E-state index contributed by atoms with van der Waals surface area (Å²) in [4.78, 5) is 2.10. The Labute approximate surface area is 203 Å². The first-order valence-corrected chi connectivity index (χ1v) is 11.7. The van der Waals surface area contributed by atoms with Gasteiger partial charge in [0.05, 0.1) is 6.61 Å². The van der Waals surface area contributed by atoms with Gasteiger partial charge in [-0.05, 0) is 74.0 Å². The summed E-state index contributed by atoms with van der Waals surface area (Å²) in [6.07, 6.45) is 14.6. The van der Waals surface area contributed by atoms with Crippen molar-refractivity contribution in [3.8, 4) is 5.75 Å². The number of benzene rings is 2. The molecule has 2 aromatic carbocycles. The maximum absolute atomic E-state index is 9.89. The lowest BCUT2D eigenvalue weighted by atomic mass is 9.94. The van der Waals surface area contributed by atoms with E-state index in [2.05, 4.69) is 42.2 Å². The van der Waals surface area contributed by atoms with Gasteiger partial charge in [0.25, 0.3) is 0 Å². The monoisotopic (exact) mass is 457 g/mol. The molecular formula is C30H35NO3. The molecule has 178 valence electrons. The Bertz CT molecular complexity index is 1090. The maximum atomic E-state index is 9.89. The molecule has 0 fully saturated rings. The lowest BCUT2D eigenvalue weighted by molar-refractivity contribution is 0.261. The van der Waals surface area contributed by atoms with Crippen molar-refractivity contribution in [1.29, 1.82) is 0 Å². The highest BCUT2D eigenvalue weighted by Crippen LogP contribution is 2.25. The minimum atomic E-state index is -0.0135. The Morgan fingerprint density at radius 1 is 1.06 bits per heavy atom. The van der Waals surface area contributed by atoms with Gasteiger partial charge in [0.2, 0.25) is 0 Å². The Morgan fingerprint density at radius 2 is 1.82 bits per heavy atom. The van der Waals surface area contributed by atoms with Crippen LogP contribution in [0.1, 0.15) is 23.6 Å². The fourth-order valence-electron chi connectivity index (χ4n) is 3.66. The van der Waals surface area contributed by atoms with Crippen molar-refractivity contribution < 1.29 is 14.9 Å². The Balaban J connectivity index is 1.81. The molecule has 0 aromatic heterocycles. The quantitative estimate of drug-likeness (QED) is 0.438. The lowest BCUT2D eigenvalue weighted by Crippen LogP contribution is -2.19. The van der Waals surface area contributed by atoms with Crippen molar-refractivity contribution in [1.82, 2.24) is 4.90 Å². The molecule has 2 aromatic rings. The van der Waals surface area contributed by atoms with Crippen molar-refractivity contribution >= 4 is 5.57 Å². The molecule has 34 heavy (non-hydrogen) atoms. The van der Waals surface area contributed by atoms with Crippen molar-refractivity contribution in [2.45, 2.75) is 20.0 Å². The van der Waals surface area contributed by atoms with Crippen LogP contribution < -0.4 is 4.74 Å². The van der Waals surface area contributed by atoms with Crippen LogP contribution in [0.25, 0.3) is 5.57 Å². The topological polar surface area (TPSA) is 52.9 Å². The highest BCUT2D eigenvalue weighted by atomic mass is 16.5. The first kappa shape index (κ1) is 25.3. The van der Waals surface area contributed by atoms with E-state index >= 15 is 0 Å². The standard InChI is InChI=1S/C30H35NO3/c1-23-8-16-28(33)17-15-25(23)13-14-26(30-7-5-4-6-27(30)22-32)12-9-24-10-18-29(19-11-24)34-21-20-31(2)3/h4-8,10-19,25,32-33H,9,20-22H2,1-3H3/b14-13-,26-12-. The van der Waals surface area contributed by atoms with Gasteiger partial charge in [0.15, 0.2) is 0 Å². The number of hydrogen-bond donors (Lipinski definition) is 2. The fraction of sp³-hybridized carbons (Fsp3) is 0.267. The van der Waals surface area contributed by atoms with E-state index in [9.17, 15) is 10.2 Å². The van der Waals surface area contributed by atoms with Crippen LogP contribution in [0.3, 0.4) is 0 Å². The minimum Gasteiger partial charge on any atom is -0.508 e. The summed E-state index contributed by atoms with van der Waals surface area (Å²) >= 11 is 0. The molecule has 0 bridgehead atoms. The van der Waals surface area contributed by atoms with Gasteiger partial charge in [-0.2, -0.15) is 0 Å². The number of ether oxygens (including phenoxy) is 1. The number of nitrogens with zero attached hydrogens (tertiary/aromatic N) is 1. The van der Waals surface area contributed by atoms with Crippen molar-refractivity contribution in [2.24, 2.45) is 5.92 Å². The molecule has 2 N–H and O–H groups in total. The van der Waals surface area contributed by atoms with Gasteiger partial charge in [-0.15, -0.1) is 0 Å². The number of rotatable bonds is 10. The molecule has 1 aliphatic rings. The third-order valence-corrected chi connectivity index (χ3v) is 5.79. The van der Waals surface area contributed by atoms with E-state index in [1.807, 2.05) is 62.6 Å². The number of likely N-dealkylation sites (N-methyl/N-ethyl adjacent to an activating group) is 1. The van der Waals surface area contributed by atoms with Gasteiger partial charge in [0.1, 0.15) is 18.1 Å². The molecule has 0 radical (unpaired) electrons. The fourth-order valence-corrected chi connectivity index (χ4v) is 3.66. The molecule has 4 heteroatoms. The maximum Gasteiger partial charge on any atom is 0.119 e. The second-order valence-corrected chi connectivity index (χ2v) is 8.72. The van der Waals surface area contributed by atoms with Crippen LogP contribution >= 0.6 is 0 Å². The van der Waals surface area contributed by atoms with Crippen molar-refractivity contribution in [3.05, 3.63) is 119 Å². The van der Waals surface area contributed by atoms with Gasteiger partial charge in [-0.25, -0.2) is 0 Å². The van der Waals surface area contributed by atoms with Crippen LogP contribution in [0.5, 0.6) is 5.75 Å². The Kier molecular flexibility index (Phi) is 9.51. The van der Waals surface area contributed by atoms with Gasteiger partial charge >= 0.3 is 0 Å². The van der Waals surface area contributed by atoms with Gasteiger partial charge in [-0.1, -0.05) is 72.4 Å². The minimum absolute atomic E-state index is 0.0135. The van der Waals surface area contributed by atoms with E-state index in [-0.39, 0.29) is 18.3 Å². The molecule has 0 saturated carbocycles. The number of allylic oxidation sites excluding steroid dienone is 9. The smallest absolute Gasteiger partial charge is 0.119 e. The van der Waals surface area contributed by atoms with Crippen LogP contribution in [0.4, 0.5) is 0 Å². The summed E-state index contributed by atoms with van der Waals surface area (Å²) in [7, 11) is 4.06. The van der Waals surface area contributed by atoms with Crippen LogP contribution in [0.2, 0.25) is 0 Å². The van der Waals surface area contributed by atoms with E-state index in [4.69, 9.17) is 4.74 Å². The summed E-state index contributed by atoms with van der Waals surface area (Å²) in [6.45, 7) is 3.59. The molecule has 0 heterocycles. The largest absolute Gasteiger partial charge is 0.508 e. The van der Waals surface area contributed by atoms with E-state index in [1.165, 1.54) is 5.56 Å². The SMILES string of the molecule is CC1=CC=C(O)C=CC1/C=C\C(=C\Cc1ccc(OCCN(C)C)cc1)c1ccccc1CO. The first-order valence-electron chi connectivity index (χ1n) is 11.7. The average Bonchev–Trinajstić information content (AvgIpc) is 3.00. The van der Waals surface area contributed by atoms with Crippen LogP contribution in [0.15, 0.2) is 102 Å². The van der Waals surface area contributed by atoms with Crippen LogP contribution in [-0.2, 0) is 13.0 Å². The first-order chi connectivity index (χ1) is 16.5. The third-order valence-electron chi connectivity index (χ3n) is 5.79. The molecule has 0 amide bonds. The summed E-state index contributed by atoms with van der Waals surface area (Å²) in [5, 5.41) is 19.7. The van der Waals surface area contributed by atoms with Gasteiger partial charge < -0.3 is 19.8 Å². The molecular weight excluding hydrogens is 422 g/mol. The van der Waals surface area contributed by atoms with Crippen molar-refractivity contribution in [2.75, 3.05) is 27.2 Å². The highest BCUT2D eigenvalue weighted by Gasteiger charge is 2.09. The second kappa shape index (κ2) is 12.8. The Hall–Kier alpha value is -3.34.